The van der Waals surface area contributed by atoms with Gasteiger partial charge in [-0.05, 0) is 36.5 Å². The molecule has 2 aliphatic rings. The second-order valence-corrected chi connectivity index (χ2v) is 7.07. The zero-order chi connectivity index (χ0) is 17.9. The summed E-state index contributed by atoms with van der Waals surface area (Å²) in [5.41, 5.74) is 1.19. The zero-order valence-electron chi connectivity index (χ0n) is 14.7. The summed E-state index contributed by atoms with van der Waals surface area (Å²) in [6.45, 7) is 0.0401. The average molecular weight is 358 g/mol. The Balaban J connectivity index is 1.35. The number of nitrogens with zero attached hydrogens (tertiary/aromatic N) is 2. The third kappa shape index (κ3) is 3.59. The minimum absolute atomic E-state index is 0.173. The molecule has 1 aromatic heterocycles. The van der Waals surface area contributed by atoms with Crippen LogP contribution in [0.3, 0.4) is 0 Å². The van der Waals surface area contributed by atoms with E-state index in [2.05, 4.69) is 17.1 Å². The molecule has 0 bridgehead atoms. The van der Waals surface area contributed by atoms with E-state index in [-0.39, 0.29) is 12.1 Å². The van der Waals surface area contributed by atoms with Gasteiger partial charge in [-0.1, -0.05) is 31.4 Å². The van der Waals surface area contributed by atoms with E-state index < -0.39 is 12.2 Å². The number of fused-ring (bicyclic) bond motifs is 1. The molecule has 0 spiro atoms. The van der Waals surface area contributed by atoms with Crippen molar-refractivity contribution in [3.05, 3.63) is 51.9 Å². The number of aromatic nitrogens is 2. The fourth-order valence-electron chi connectivity index (χ4n) is 3.86. The number of alkyl halides is 1. The van der Waals surface area contributed by atoms with Gasteiger partial charge in [0.25, 0.3) is 5.56 Å². The lowest BCUT2D eigenvalue weighted by molar-refractivity contribution is 0.143. The van der Waals surface area contributed by atoms with Gasteiger partial charge in [-0.25, -0.2) is 4.39 Å². The first-order valence-corrected chi connectivity index (χ1v) is 9.29. The van der Waals surface area contributed by atoms with E-state index in [1.807, 2.05) is 12.1 Å². The van der Waals surface area contributed by atoms with Crippen molar-refractivity contribution in [2.75, 3.05) is 6.61 Å². The van der Waals surface area contributed by atoms with Crippen molar-refractivity contribution in [2.24, 2.45) is 0 Å². The van der Waals surface area contributed by atoms with Crippen molar-refractivity contribution in [1.82, 2.24) is 9.55 Å². The van der Waals surface area contributed by atoms with Crippen molar-refractivity contribution in [3.8, 4) is 11.8 Å². The lowest BCUT2D eigenvalue weighted by Gasteiger charge is -2.22. The number of ether oxygens (including phenoxy) is 2. The number of hydrogen-bond donors (Lipinski definition) is 0. The molecular weight excluding hydrogens is 335 g/mol. The van der Waals surface area contributed by atoms with Gasteiger partial charge in [0.1, 0.15) is 19.0 Å². The molecule has 0 N–H and O–H groups in total. The van der Waals surface area contributed by atoms with Crippen LogP contribution in [-0.2, 0) is 13.2 Å². The Hall–Kier alpha value is -2.37. The van der Waals surface area contributed by atoms with Crippen LogP contribution in [0.1, 0.15) is 49.3 Å². The maximum Gasteiger partial charge on any atom is 0.300 e. The van der Waals surface area contributed by atoms with Gasteiger partial charge in [-0.3, -0.25) is 9.36 Å². The van der Waals surface area contributed by atoms with Gasteiger partial charge in [0.05, 0.1) is 12.2 Å². The van der Waals surface area contributed by atoms with Crippen LogP contribution < -0.4 is 15.0 Å². The Bertz CT molecular complexity index is 813. The quantitative estimate of drug-likeness (QED) is 0.819. The maximum atomic E-state index is 13.1. The van der Waals surface area contributed by atoms with Gasteiger partial charge >= 0.3 is 6.01 Å². The van der Waals surface area contributed by atoms with Crippen LogP contribution in [0.4, 0.5) is 4.39 Å². The van der Waals surface area contributed by atoms with Crippen LogP contribution in [0.25, 0.3) is 0 Å². The molecule has 1 unspecified atom stereocenters. The molecule has 2 aromatic rings. The van der Waals surface area contributed by atoms with E-state index in [4.69, 9.17) is 9.47 Å². The molecule has 1 aliphatic heterocycles. The summed E-state index contributed by atoms with van der Waals surface area (Å²) in [4.78, 5) is 15.2. The minimum Gasteiger partial charge on any atom is -0.490 e. The SMILES string of the molecule is O=c1cc(CF)n2c(n1)OC(COc1ccc(C3CCCCC3)cc1)C2. The third-order valence-electron chi connectivity index (χ3n) is 5.26. The molecule has 1 saturated carbocycles. The Labute approximate surface area is 151 Å². The molecule has 5 nitrogen and oxygen atoms in total. The fourth-order valence-corrected chi connectivity index (χ4v) is 3.86. The Morgan fingerprint density at radius 1 is 1.19 bits per heavy atom. The average Bonchev–Trinajstić information content (AvgIpc) is 3.09. The van der Waals surface area contributed by atoms with Crippen LogP contribution in [0, 0.1) is 0 Å². The summed E-state index contributed by atoms with van der Waals surface area (Å²) >= 11 is 0. The summed E-state index contributed by atoms with van der Waals surface area (Å²) in [6.07, 6.45) is 6.26. The van der Waals surface area contributed by atoms with E-state index in [9.17, 15) is 9.18 Å². The first-order valence-electron chi connectivity index (χ1n) is 9.29. The first-order chi connectivity index (χ1) is 12.7. The summed E-state index contributed by atoms with van der Waals surface area (Å²) in [6, 6.07) is 9.68. The van der Waals surface area contributed by atoms with Gasteiger partial charge in [0, 0.05) is 6.07 Å². The largest absolute Gasteiger partial charge is 0.490 e. The molecule has 1 atom stereocenters. The van der Waals surface area contributed by atoms with Crippen molar-refractivity contribution in [1.29, 1.82) is 0 Å². The molecule has 0 radical (unpaired) electrons. The van der Waals surface area contributed by atoms with Crippen molar-refractivity contribution < 1.29 is 13.9 Å². The van der Waals surface area contributed by atoms with E-state index in [1.54, 1.807) is 4.57 Å². The van der Waals surface area contributed by atoms with E-state index in [0.29, 0.717) is 24.8 Å². The highest BCUT2D eigenvalue weighted by atomic mass is 19.1. The summed E-state index contributed by atoms with van der Waals surface area (Å²) in [5, 5.41) is 0. The van der Waals surface area contributed by atoms with E-state index in [0.717, 1.165) is 5.75 Å². The molecule has 0 saturated heterocycles. The van der Waals surface area contributed by atoms with Crippen molar-refractivity contribution >= 4 is 0 Å². The first kappa shape index (κ1) is 17.1. The maximum absolute atomic E-state index is 13.1. The molecule has 138 valence electrons. The highest BCUT2D eigenvalue weighted by Crippen LogP contribution is 2.33. The molecule has 26 heavy (non-hydrogen) atoms. The standard InChI is InChI=1S/C20H23FN2O3/c21-11-16-10-19(24)22-20-23(16)12-18(26-20)13-25-17-8-6-15(7-9-17)14-4-2-1-3-5-14/h6-10,14,18H,1-5,11-13H2. The second-order valence-electron chi connectivity index (χ2n) is 7.07. The number of rotatable bonds is 5. The number of benzene rings is 1. The number of halogens is 1. The number of hydrogen-bond acceptors (Lipinski definition) is 4. The highest BCUT2D eigenvalue weighted by Gasteiger charge is 2.26. The van der Waals surface area contributed by atoms with Crippen LogP contribution in [0.5, 0.6) is 11.8 Å². The normalized spacial score (nSPS) is 19.8. The van der Waals surface area contributed by atoms with Gasteiger partial charge in [0.2, 0.25) is 0 Å². The van der Waals surface area contributed by atoms with Crippen LogP contribution in [0.15, 0.2) is 35.1 Å². The second kappa shape index (κ2) is 7.48. The molecule has 0 amide bonds. The summed E-state index contributed by atoms with van der Waals surface area (Å²) in [5.74, 6) is 1.46. The molecule has 2 heterocycles. The lowest BCUT2D eigenvalue weighted by atomic mass is 9.84. The summed E-state index contributed by atoms with van der Waals surface area (Å²) in [7, 11) is 0. The molecular formula is C20H23FN2O3. The third-order valence-corrected chi connectivity index (χ3v) is 5.26. The van der Waals surface area contributed by atoms with Crippen LogP contribution in [0.2, 0.25) is 0 Å². The Kier molecular flexibility index (Phi) is 4.91. The predicted molar refractivity (Wildman–Crippen MR) is 95.5 cm³/mol. The molecule has 6 heteroatoms. The molecule has 1 aromatic carbocycles. The van der Waals surface area contributed by atoms with Crippen LogP contribution in [-0.4, -0.2) is 22.3 Å². The molecule has 4 rings (SSSR count). The van der Waals surface area contributed by atoms with E-state index >= 15 is 0 Å². The Morgan fingerprint density at radius 3 is 2.69 bits per heavy atom. The highest BCUT2D eigenvalue weighted by molar-refractivity contribution is 5.29. The lowest BCUT2D eigenvalue weighted by Crippen LogP contribution is -2.23. The topological polar surface area (TPSA) is 53.4 Å². The molecule has 1 aliphatic carbocycles. The predicted octanol–water partition coefficient (Wildman–Crippen LogP) is 3.60. The van der Waals surface area contributed by atoms with Crippen LogP contribution >= 0.6 is 0 Å². The van der Waals surface area contributed by atoms with Gasteiger partial charge in [-0.15, -0.1) is 0 Å². The Morgan fingerprint density at radius 2 is 1.96 bits per heavy atom. The monoisotopic (exact) mass is 358 g/mol. The van der Waals surface area contributed by atoms with Gasteiger partial charge in [-0.2, -0.15) is 4.98 Å². The smallest absolute Gasteiger partial charge is 0.300 e. The summed E-state index contributed by atoms with van der Waals surface area (Å²) < 4.78 is 26.1. The van der Waals surface area contributed by atoms with Gasteiger partial charge < -0.3 is 9.47 Å². The zero-order valence-corrected chi connectivity index (χ0v) is 14.7. The minimum atomic E-state index is -0.718. The van der Waals surface area contributed by atoms with Crippen molar-refractivity contribution in [2.45, 2.75) is 57.3 Å². The van der Waals surface area contributed by atoms with Crippen molar-refractivity contribution in [3.63, 3.8) is 0 Å². The van der Waals surface area contributed by atoms with E-state index in [1.165, 1.54) is 43.7 Å². The van der Waals surface area contributed by atoms with Gasteiger partial charge in [0.15, 0.2) is 6.10 Å². The molecule has 1 fully saturated rings. The fraction of sp³-hybridized carbons (Fsp3) is 0.500.